The Balaban J connectivity index is 1.43. The molecule has 0 bridgehead atoms. The van der Waals surface area contributed by atoms with Crippen molar-refractivity contribution in [1.82, 2.24) is 4.90 Å². The van der Waals surface area contributed by atoms with Crippen LogP contribution in [0, 0.1) is 29.1 Å². The van der Waals surface area contributed by atoms with Crippen LogP contribution in [-0.2, 0) is 0 Å². The van der Waals surface area contributed by atoms with E-state index in [-0.39, 0.29) is 0 Å². The Morgan fingerprint density at radius 2 is 1.90 bits per heavy atom. The number of nitrogens with zero attached hydrogens (tertiary/aromatic N) is 1. The van der Waals surface area contributed by atoms with Crippen LogP contribution in [0.4, 0.5) is 0 Å². The molecule has 3 nitrogen and oxygen atoms in total. The van der Waals surface area contributed by atoms with Gasteiger partial charge in [-0.25, -0.2) is 0 Å². The van der Waals surface area contributed by atoms with E-state index < -0.39 is 12.2 Å². The van der Waals surface area contributed by atoms with E-state index in [1.165, 1.54) is 64.6 Å². The summed E-state index contributed by atoms with van der Waals surface area (Å²) in [6.45, 7) is 15.2. The molecule has 174 valence electrons. The van der Waals surface area contributed by atoms with Crippen LogP contribution in [0.2, 0.25) is 0 Å². The van der Waals surface area contributed by atoms with E-state index in [0.717, 1.165) is 23.3 Å². The molecule has 4 fully saturated rings. The van der Waals surface area contributed by atoms with Crippen LogP contribution in [0.5, 0.6) is 0 Å². The van der Waals surface area contributed by atoms with E-state index in [4.69, 9.17) is 0 Å². The van der Waals surface area contributed by atoms with Crippen molar-refractivity contribution in [1.29, 1.82) is 0 Å². The second kappa shape index (κ2) is 9.53. The highest BCUT2D eigenvalue weighted by atomic mass is 16.3. The highest BCUT2D eigenvalue weighted by Gasteiger charge is 2.50. The molecule has 0 radical (unpaired) electrons. The third-order valence-corrected chi connectivity index (χ3v) is 9.52. The lowest BCUT2D eigenvalue weighted by atomic mass is 9.61. The van der Waals surface area contributed by atoms with Gasteiger partial charge in [0.1, 0.15) is 0 Å². The Kier molecular flexibility index (Phi) is 7.15. The van der Waals surface area contributed by atoms with Crippen molar-refractivity contribution >= 4 is 0 Å². The van der Waals surface area contributed by atoms with E-state index >= 15 is 0 Å². The van der Waals surface area contributed by atoms with Crippen LogP contribution in [-0.4, -0.2) is 47.0 Å². The van der Waals surface area contributed by atoms with Crippen molar-refractivity contribution in [2.45, 2.75) is 90.8 Å². The Labute approximate surface area is 190 Å². The smallest absolute Gasteiger partial charge is 0.0809 e. The fourth-order valence-corrected chi connectivity index (χ4v) is 7.59. The van der Waals surface area contributed by atoms with E-state index in [0.29, 0.717) is 29.7 Å². The highest BCUT2D eigenvalue weighted by Crippen LogP contribution is 2.59. The predicted octanol–water partition coefficient (Wildman–Crippen LogP) is 5.50. The van der Waals surface area contributed by atoms with Gasteiger partial charge in [0, 0.05) is 13.1 Å². The summed E-state index contributed by atoms with van der Waals surface area (Å²) in [5.74, 6) is 3.24. The van der Waals surface area contributed by atoms with Gasteiger partial charge in [-0.3, -0.25) is 0 Å². The van der Waals surface area contributed by atoms with Gasteiger partial charge in [0.25, 0.3) is 0 Å². The zero-order valence-corrected chi connectivity index (χ0v) is 20.2. The molecular weight excluding hydrogens is 382 g/mol. The number of fused-ring (bicyclic) bond motifs is 1. The molecule has 3 heteroatoms. The quantitative estimate of drug-likeness (QED) is 0.570. The average molecular weight is 428 g/mol. The topological polar surface area (TPSA) is 43.7 Å². The van der Waals surface area contributed by atoms with Gasteiger partial charge in [-0.15, -0.1) is 0 Å². The summed E-state index contributed by atoms with van der Waals surface area (Å²) in [5, 5.41) is 20.3. The lowest BCUT2D eigenvalue weighted by Gasteiger charge is -2.45. The lowest BCUT2D eigenvalue weighted by Crippen LogP contribution is -2.39. The Morgan fingerprint density at radius 3 is 2.58 bits per heavy atom. The fraction of sp³-hybridized carbons (Fsp3) is 0.786. The summed E-state index contributed by atoms with van der Waals surface area (Å²) in [6, 6.07) is 0. The first-order valence-electron chi connectivity index (χ1n) is 13.0. The first-order chi connectivity index (χ1) is 14.8. The second-order valence-corrected chi connectivity index (χ2v) is 11.5. The summed E-state index contributed by atoms with van der Waals surface area (Å²) in [6.07, 6.45) is 13.9. The minimum Gasteiger partial charge on any atom is -0.388 e. The maximum atomic E-state index is 10.2. The van der Waals surface area contributed by atoms with Gasteiger partial charge in [0.15, 0.2) is 0 Å². The standard InChI is InChI=1S/C28H45NO2/c1-5-21-12-14-29(18-21)17-19(2)24-10-11-25-23(7-6-13-28(24,25)4)9-8-22-15-26(30)20(3)27(31)16-22/h8-9,19,21,24-27,30-31H,3,5-7,10-18H2,1-2,4H3/t19?,21?,24-,25+,26-,27-,28-/m1/s1. The molecule has 1 saturated heterocycles. The second-order valence-electron chi connectivity index (χ2n) is 11.5. The fourth-order valence-electron chi connectivity index (χ4n) is 7.59. The number of hydrogen-bond acceptors (Lipinski definition) is 3. The molecule has 0 aromatic heterocycles. The molecular formula is C28H45NO2. The van der Waals surface area contributed by atoms with Gasteiger partial charge in [-0.1, -0.05) is 57.1 Å². The third-order valence-electron chi connectivity index (χ3n) is 9.52. The Morgan fingerprint density at radius 1 is 1.16 bits per heavy atom. The first-order valence-corrected chi connectivity index (χ1v) is 13.0. The predicted molar refractivity (Wildman–Crippen MR) is 129 cm³/mol. The van der Waals surface area contributed by atoms with Crippen LogP contribution in [0.1, 0.15) is 78.6 Å². The molecule has 0 aromatic carbocycles. The van der Waals surface area contributed by atoms with E-state index in [1.807, 2.05) is 0 Å². The highest BCUT2D eigenvalue weighted by molar-refractivity contribution is 5.29. The molecule has 31 heavy (non-hydrogen) atoms. The minimum atomic E-state index is -0.598. The molecule has 1 aliphatic heterocycles. The largest absolute Gasteiger partial charge is 0.388 e. The van der Waals surface area contributed by atoms with Crippen LogP contribution in [0.25, 0.3) is 0 Å². The lowest BCUT2D eigenvalue weighted by molar-refractivity contribution is 0.0816. The summed E-state index contributed by atoms with van der Waals surface area (Å²) < 4.78 is 0. The number of likely N-dealkylation sites (tertiary alicyclic amines) is 1. The van der Waals surface area contributed by atoms with Crippen LogP contribution >= 0.6 is 0 Å². The number of aliphatic hydroxyl groups excluding tert-OH is 2. The molecule has 2 N–H and O–H groups in total. The summed E-state index contributed by atoms with van der Waals surface area (Å²) in [5.41, 5.74) is 3.79. The summed E-state index contributed by atoms with van der Waals surface area (Å²) in [7, 11) is 0. The molecule has 7 atom stereocenters. The summed E-state index contributed by atoms with van der Waals surface area (Å²) >= 11 is 0. The zero-order valence-electron chi connectivity index (χ0n) is 20.2. The molecule has 1 heterocycles. The Bertz CT molecular complexity index is 709. The number of hydrogen-bond donors (Lipinski definition) is 2. The molecule has 0 aromatic rings. The number of allylic oxidation sites excluding steroid dienone is 3. The molecule has 0 spiro atoms. The maximum absolute atomic E-state index is 10.2. The number of rotatable bonds is 5. The van der Waals surface area contributed by atoms with Gasteiger partial charge >= 0.3 is 0 Å². The van der Waals surface area contributed by atoms with E-state index in [9.17, 15) is 10.2 Å². The monoisotopic (exact) mass is 427 g/mol. The van der Waals surface area contributed by atoms with Gasteiger partial charge in [0.2, 0.25) is 0 Å². The zero-order chi connectivity index (χ0) is 22.2. The van der Waals surface area contributed by atoms with Crippen molar-refractivity contribution < 1.29 is 10.2 Å². The van der Waals surface area contributed by atoms with E-state index in [1.54, 1.807) is 5.57 Å². The molecule has 3 aliphatic carbocycles. The van der Waals surface area contributed by atoms with Crippen molar-refractivity contribution in [3.63, 3.8) is 0 Å². The van der Waals surface area contributed by atoms with Gasteiger partial charge in [-0.05, 0) is 92.6 Å². The molecule has 0 amide bonds. The molecule has 2 unspecified atom stereocenters. The van der Waals surface area contributed by atoms with Crippen molar-refractivity contribution in [3.8, 4) is 0 Å². The third kappa shape index (κ3) is 4.75. The van der Waals surface area contributed by atoms with Crippen LogP contribution < -0.4 is 0 Å². The molecule has 3 saturated carbocycles. The SMILES string of the molecule is C=C1[C@H](O)CC(=CC=C2CCC[C@]3(C)[C@@H](C(C)CN4CCC(CC)C4)CC[C@@H]23)C[C@H]1O. The maximum Gasteiger partial charge on any atom is 0.0809 e. The van der Waals surface area contributed by atoms with E-state index in [2.05, 4.69) is 44.4 Å². The molecule has 4 rings (SSSR count). The van der Waals surface area contributed by atoms with Crippen LogP contribution in [0.3, 0.4) is 0 Å². The van der Waals surface area contributed by atoms with Gasteiger partial charge in [-0.2, -0.15) is 0 Å². The minimum absolute atomic E-state index is 0.436. The Hall–Kier alpha value is -0.900. The van der Waals surface area contributed by atoms with Gasteiger partial charge in [0.05, 0.1) is 12.2 Å². The van der Waals surface area contributed by atoms with Crippen molar-refractivity contribution in [2.75, 3.05) is 19.6 Å². The molecule has 4 aliphatic rings. The van der Waals surface area contributed by atoms with Gasteiger partial charge < -0.3 is 15.1 Å². The first kappa shape index (κ1) is 23.3. The van der Waals surface area contributed by atoms with Crippen molar-refractivity contribution in [2.24, 2.45) is 29.1 Å². The number of aliphatic hydroxyl groups is 2. The van der Waals surface area contributed by atoms with Crippen LogP contribution in [0.15, 0.2) is 35.5 Å². The average Bonchev–Trinajstić information content (AvgIpc) is 3.33. The van der Waals surface area contributed by atoms with Crippen molar-refractivity contribution in [3.05, 3.63) is 35.5 Å². The summed E-state index contributed by atoms with van der Waals surface area (Å²) in [4.78, 5) is 2.74. The normalized spacial score (nSPS) is 41.6.